The molecule has 0 bridgehead atoms. The molecule has 5 rings (SSSR count). The zero-order valence-electron chi connectivity index (χ0n) is 23.3. The summed E-state index contributed by atoms with van der Waals surface area (Å²) in [6, 6.07) is 33.5. The minimum absolute atomic E-state index is 0.339. The first-order valence-electron chi connectivity index (χ1n) is 13.6. The van der Waals surface area contributed by atoms with Crippen LogP contribution < -0.4 is 4.74 Å². The number of hydrogen-bond donors (Lipinski definition) is 0. The van der Waals surface area contributed by atoms with Gasteiger partial charge in [0.2, 0.25) is 0 Å². The molecule has 0 radical (unpaired) electrons. The molecule has 0 saturated heterocycles. The molecule has 0 spiro atoms. The molecule has 0 N–H and O–H groups in total. The first-order chi connectivity index (χ1) is 21.1. The van der Waals surface area contributed by atoms with Crippen LogP contribution in [0.15, 0.2) is 140 Å². The van der Waals surface area contributed by atoms with Crippen molar-refractivity contribution in [3.05, 3.63) is 113 Å². The highest BCUT2D eigenvalue weighted by Gasteiger charge is 2.07. The maximum absolute atomic E-state index is 11.7. The van der Waals surface area contributed by atoms with E-state index in [4.69, 9.17) is 9.47 Å². The van der Waals surface area contributed by atoms with E-state index in [0.29, 0.717) is 35.1 Å². The molecule has 0 heterocycles. The standard InChI is InChI=1S/C33H27IN6O3/c1-2-3-22-42-33(41)43-28-18-16-27(17-19-28)38-40-32-21-20-31(29-6-4-5-7-30(29)32)39-37-26-14-12-25(13-15-26)36-35-24-10-8-23(34)9-11-24/h4-21H,2-3,22H2,1H3. The second kappa shape index (κ2) is 14.9. The summed E-state index contributed by atoms with van der Waals surface area (Å²) in [7, 11) is 0. The average molecular weight is 683 g/mol. The number of rotatable bonds is 10. The third-order valence-corrected chi connectivity index (χ3v) is 6.86. The van der Waals surface area contributed by atoms with Crippen molar-refractivity contribution in [1.82, 2.24) is 0 Å². The number of ether oxygens (including phenoxy) is 2. The number of fused-ring (bicyclic) bond motifs is 1. The molecule has 0 atom stereocenters. The van der Waals surface area contributed by atoms with Gasteiger partial charge in [0.15, 0.2) is 0 Å². The maximum atomic E-state index is 11.7. The number of unbranched alkanes of at least 4 members (excludes halogenated alkanes) is 1. The second-order valence-corrected chi connectivity index (χ2v) is 10.5. The van der Waals surface area contributed by atoms with Crippen LogP contribution in [0.2, 0.25) is 0 Å². The molecule has 0 saturated carbocycles. The summed E-state index contributed by atoms with van der Waals surface area (Å²) in [4.78, 5) is 11.7. The predicted molar refractivity (Wildman–Crippen MR) is 175 cm³/mol. The van der Waals surface area contributed by atoms with Gasteiger partial charge >= 0.3 is 6.16 Å². The van der Waals surface area contributed by atoms with E-state index in [0.717, 1.165) is 38.6 Å². The lowest BCUT2D eigenvalue weighted by atomic mass is 10.1. The van der Waals surface area contributed by atoms with E-state index < -0.39 is 6.16 Å². The van der Waals surface area contributed by atoms with E-state index in [1.807, 2.05) is 91.9 Å². The molecule has 9 nitrogen and oxygen atoms in total. The minimum atomic E-state index is -0.719. The fraction of sp³-hybridized carbons (Fsp3) is 0.121. The Morgan fingerprint density at radius 1 is 0.605 bits per heavy atom. The Morgan fingerprint density at radius 2 is 1.05 bits per heavy atom. The Kier molecular flexibility index (Phi) is 10.3. The summed E-state index contributed by atoms with van der Waals surface area (Å²) < 4.78 is 11.3. The van der Waals surface area contributed by atoms with E-state index in [-0.39, 0.29) is 0 Å². The van der Waals surface area contributed by atoms with Gasteiger partial charge in [-0.1, -0.05) is 37.6 Å². The fourth-order valence-corrected chi connectivity index (χ4v) is 4.24. The van der Waals surface area contributed by atoms with Gasteiger partial charge in [0.05, 0.1) is 40.7 Å². The molecule has 5 aromatic rings. The normalized spacial score (nSPS) is 11.6. The van der Waals surface area contributed by atoms with Crippen molar-refractivity contribution >= 4 is 73.6 Å². The predicted octanol–water partition coefficient (Wildman–Crippen LogP) is 12.0. The van der Waals surface area contributed by atoms with Crippen LogP contribution in [0.5, 0.6) is 5.75 Å². The number of nitrogens with zero attached hydrogens (tertiary/aromatic N) is 6. The summed E-state index contributed by atoms with van der Waals surface area (Å²) >= 11 is 2.26. The van der Waals surface area contributed by atoms with Crippen LogP contribution in [0.1, 0.15) is 19.8 Å². The fourth-order valence-electron chi connectivity index (χ4n) is 3.88. The lowest BCUT2D eigenvalue weighted by Gasteiger charge is -2.05. The van der Waals surface area contributed by atoms with Crippen molar-refractivity contribution < 1.29 is 14.3 Å². The molecule has 10 heteroatoms. The van der Waals surface area contributed by atoms with E-state index in [2.05, 4.69) is 53.3 Å². The van der Waals surface area contributed by atoms with Crippen LogP contribution >= 0.6 is 22.6 Å². The number of carbonyl (C=O) groups excluding carboxylic acids is 1. The highest BCUT2D eigenvalue weighted by atomic mass is 127. The smallest absolute Gasteiger partial charge is 0.434 e. The minimum Gasteiger partial charge on any atom is -0.434 e. The van der Waals surface area contributed by atoms with Gasteiger partial charge in [-0.15, -0.1) is 10.2 Å². The molecule has 0 amide bonds. The topological polar surface area (TPSA) is 110 Å². The largest absolute Gasteiger partial charge is 0.513 e. The van der Waals surface area contributed by atoms with E-state index in [1.54, 1.807) is 24.3 Å². The molecular formula is C33H27IN6O3. The Balaban J connectivity index is 1.25. The van der Waals surface area contributed by atoms with Gasteiger partial charge in [-0.25, -0.2) is 4.79 Å². The zero-order chi connectivity index (χ0) is 29.9. The van der Waals surface area contributed by atoms with Crippen molar-refractivity contribution in [2.75, 3.05) is 6.61 Å². The lowest BCUT2D eigenvalue weighted by molar-refractivity contribution is 0.0978. The molecule has 5 aromatic carbocycles. The summed E-state index contributed by atoms with van der Waals surface area (Å²) in [5.74, 6) is 0.377. The van der Waals surface area contributed by atoms with Gasteiger partial charge < -0.3 is 9.47 Å². The number of hydrogen-bond acceptors (Lipinski definition) is 9. The van der Waals surface area contributed by atoms with Crippen LogP contribution in [0, 0.1) is 3.57 Å². The Hall–Kier alpha value is -4.84. The van der Waals surface area contributed by atoms with Gasteiger partial charge in [0.1, 0.15) is 5.75 Å². The highest BCUT2D eigenvalue weighted by Crippen LogP contribution is 2.35. The summed E-state index contributed by atoms with van der Waals surface area (Å²) in [5, 5.41) is 28.1. The number of azo groups is 3. The second-order valence-electron chi connectivity index (χ2n) is 9.29. The molecule has 0 aliphatic carbocycles. The van der Waals surface area contributed by atoms with Crippen molar-refractivity contribution in [3.63, 3.8) is 0 Å². The van der Waals surface area contributed by atoms with Crippen molar-refractivity contribution in [2.45, 2.75) is 19.8 Å². The number of carbonyl (C=O) groups is 1. The summed E-state index contributed by atoms with van der Waals surface area (Å²) in [6.07, 6.45) is 1.02. The van der Waals surface area contributed by atoms with Crippen LogP contribution in [-0.2, 0) is 4.74 Å². The Labute approximate surface area is 262 Å². The number of benzene rings is 5. The first kappa shape index (κ1) is 29.6. The Bertz CT molecular complexity index is 1770. The lowest BCUT2D eigenvalue weighted by Crippen LogP contribution is -2.11. The maximum Gasteiger partial charge on any atom is 0.513 e. The van der Waals surface area contributed by atoms with Gasteiger partial charge in [-0.2, -0.15) is 20.5 Å². The quantitative estimate of drug-likeness (QED) is 0.0480. The van der Waals surface area contributed by atoms with Gasteiger partial charge in [0.25, 0.3) is 0 Å². The van der Waals surface area contributed by atoms with Crippen LogP contribution in [0.4, 0.5) is 38.9 Å². The third kappa shape index (κ3) is 8.58. The van der Waals surface area contributed by atoms with Gasteiger partial charge in [-0.05, 0) is 114 Å². The Morgan fingerprint density at radius 3 is 1.53 bits per heavy atom. The van der Waals surface area contributed by atoms with E-state index in [1.165, 1.54) is 0 Å². The third-order valence-electron chi connectivity index (χ3n) is 6.14. The highest BCUT2D eigenvalue weighted by molar-refractivity contribution is 14.1. The van der Waals surface area contributed by atoms with Gasteiger partial charge in [0, 0.05) is 14.3 Å². The zero-order valence-corrected chi connectivity index (χ0v) is 25.5. The SMILES string of the molecule is CCCCOC(=O)Oc1ccc(N=Nc2ccc(N=Nc3ccc(N=Nc4ccc(I)cc4)cc3)c3ccccc23)cc1. The van der Waals surface area contributed by atoms with Crippen LogP contribution in [0.25, 0.3) is 10.8 Å². The molecule has 0 fully saturated rings. The van der Waals surface area contributed by atoms with Crippen LogP contribution in [-0.4, -0.2) is 12.8 Å². The molecule has 0 aliphatic heterocycles. The summed E-state index contributed by atoms with van der Waals surface area (Å²) in [5.41, 5.74) is 4.23. The van der Waals surface area contributed by atoms with Gasteiger partial charge in [-0.3, -0.25) is 0 Å². The van der Waals surface area contributed by atoms with E-state index in [9.17, 15) is 4.79 Å². The van der Waals surface area contributed by atoms with E-state index >= 15 is 0 Å². The van der Waals surface area contributed by atoms with Crippen molar-refractivity contribution in [3.8, 4) is 5.75 Å². The monoisotopic (exact) mass is 682 g/mol. The summed E-state index contributed by atoms with van der Waals surface area (Å²) in [6.45, 7) is 2.36. The molecule has 214 valence electrons. The molecule has 0 aromatic heterocycles. The molecule has 0 unspecified atom stereocenters. The molecular weight excluding hydrogens is 655 g/mol. The first-order valence-corrected chi connectivity index (χ1v) is 14.7. The van der Waals surface area contributed by atoms with Crippen molar-refractivity contribution in [2.24, 2.45) is 30.7 Å². The number of halogens is 1. The molecule has 0 aliphatic rings. The van der Waals surface area contributed by atoms with Crippen LogP contribution in [0.3, 0.4) is 0 Å². The average Bonchev–Trinajstić information content (AvgIpc) is 3.04. The molecule has 43 heavy (non-hydrogen) atoms. The van der Waals surface area contributed by atoms with Crippen molar-refractivity contribution in [1.29, 1.82) is 0 Å².